The molecular weight excluding hydrogens is 372 g/mol. The van der Waals surface area contributed by atoms with Crippen LogP contribution in [0.4, 0.5) is 5.69 Å². The second-order valence-electron chi connectivity index (χ2n) is 7.28. The molecule has 6 nitrogen and oxygen atoms in total. The summed E-state index contributed by atoms with van der Waals surface area (Å²) in [4.78, 5) is 12.7. The van der Waals surface area contributed by atoms with Gasteiger partial charge < -0.3 is 14.3 Å². The number of carbonyl (C=O) groups is 1. The van der Waals surface area contributed by atoms with Crippen molar-refractivity contribution in [2.45, 2.75) is 51.2 Å². The number of carbonyl (C=O) groups excluding carboxylic acids is 1. The normalized spacial score (nSPS) is 11.4. The SMILES string of the molecule is CC(C)c1cccc(C(C)C)c1NC(=O)CSc1nncn1Cc1ccco1. The molecule has 3 rings (SSSR count). The molecule has 7 heteroatoms. The van der Waals surface area contributed by atoms with Crippen LogP contribution in [0, 0.1) is 0 Å². The van der Waals surface area contributed by atoms with Crippen molar-refractivity contribution < 1.29 is 9.21 Å². The van der Waals surface area contributed by atoms with Crippen molar-refractivity contribution in [1.82, 2.24) is 14.8 Å². The zero-order valence-corrected chi connectivity index (χ0v) is 17.5. The quantitative estimate of drug-likeness (QED) is 0.547. The van der Waals surface area contributed by atoms with Crippen LogP contribution in [0.15, 0.2) is 52.5 Å². The Bertz CT molecular complexity index is 890. The summed E-state index contributed by atoms with van der Waals surface area (Å²) >= 11 is 1.37. The monoisotopic (exact) mass is 398 g/mol. The number of furan rings is 1. The number of aromatic nitrogens is 3. The Labute approximate surface area is 169 Å². The minimum atomic E-state index is -0.0486. The summed E-state index contributed by atoms with van der Waals surface area (Å²) in [6, 6.07) is 9.97. The molecule has 0 spiro atoms. The molecule has 2 heterocycles. The van der Waals surface area contributed by atoms with Crippen molar-refractivity contribution in [1.29, 1.82) is 0 Å². The van der Waals surface area contributed by atoms with Gasteiger partial charge in [0.05, 0.1) is 18.6 Å². The lowest BCUT2D eigenvalue weighted by Gasteiger charge is -2.20. The molecule has 0 atom stereocenters. The van der Waals surface area contributed by atoms with E-state index < -0.39 is 0 Å². The van der Waals surface area contributed by atoms with Crippen LogP contribution in [-0.4, -0.2) is 26.4 Å². The first-order valence-electron chi connectivity index (χ1n) is 9.41. The Morgan fingerprint density at radius 2 is 1.86 bits per heavy atom. The maximum Gasteiger partial charge on any atom is 0.234 e. The minimum absolute atomic E-state index is 0.0486. The van der Waals surface area contributed by atoms with E-state index in [4.69, 9.17) is 4.42 Å². The molecule has 1 amide bonds. The number of amides is 1. The van der Waals surface area contributed by atoms with Crippen LogP contribution in [-0.2, 0) is 11.3 Å². The van der Waals surface area contributed by atoms with Crippen molar-refractivity contribution in [3.63, 3.8) is 0 Å². The van der Waals surface area contributed by atoms with Gasteiger partial charge in [0.1, 0.15) is 12.1 Å². The number of nitrogens with zero attached hydrogens (tertiary/aromatic N) is 3. The second kappa shape index (κ2) is 9.10. The van der Waals surface area contributed by atoms with Crippen molar-refractivity contribution in [2.75, 3.05) is 11.1 Å². The maximum atomic E-state index is 12.7. The summed E-state index contributed by atoms with van der Waals surface area (Å²) < 4.78 is 7.25. The number of hydrogen-bond acceptors (Lipinski definition) is 5. The van der Waals surface area contributed by atoms with Gasteiger partial charge in [0.25, 0.3) is 0 Å². The zero-order chi connectivity index (χ0) is 20.1. The van der Waals surface area contributed by atoms with Crippen molar-refractivity contribution in [3.8, 4) is 0 Å². The number of benzene rings is 1. The van der Waals surface area contributed by atoms with E-state index in [1.54, 1.807) is 12.6 Å². The largest absolute Gasteiger partial charge is 0.467 e. The summed E-state index contributed by atoms with van der Waals surface area (Å²) in [6.45, 7) is 9.10. The predicted octanol–water partition coefficient (Wildman–Crippen LogP) is 4.90. The minimum Gasteiger partial charge on any atom is -0.467 e. The molecule has 148 valence electrons. The predicted molar refractivity (Wildman–Crippen MR) is 112 cm³/mol. The Hall–Kier alpha value is -2.54. The first-order chi connectivity index (χ1) is 13.5. The third-order valence-electron chi connectivity index (χ3n) is 4.46. The van der Waals surface area contributed by atoms with E-state index in [0.29, 0.717) is 23.5 Å². The zero-order valence-electron chi connectivity index (χ0n) is 16.7. The van der Waals surface area contributed by atoms with Gasteiger partial charge in [0.2, 0.25) is 5.91 Å². The topological polar surface area (TPSA) is 73.0 Å². The molecule has 0 radical (unpaired) electrons. The highest BCUT2D eigenvalue weighted by Gasteiger charge is 2.17. The van der Waals surface area contributed by atoms with E-state index in [9.17, 15) is 4.79 Å². The maximum absolute atomic E-state index is 12.7. The Balaban J connectivity index is 1.68. The number of para-hydroxylation sites is 1. The first kappa shape index (κ1) is 20.2. The standard InChI is InChI=1S/C21H26N4O2S/c1-14(2)17-8-5-9-18(15(3)4)20(17)23-19(26)12-28-21-24-22-13-25(21)11-16-7-6-10-27-16/h5-10,13-15H,11-12H2,1-4H3,(H,23,26). The van der Waals surface area contributed by atoms with Crippen LogP contribution in [0.5, 0.6) is 0 Å². The van der Waals surface area contributed by atoms with Crippen molar-refractivity contribution in [2.24, 2.45) is 0 Å². The number of hydrogen-bond donors (Lipinski definition) is 1. The van der Waals surface area contributed by atoms with E-state index in [-0.39, 0.29) is 11.7 Å². The third kappa shape index (κ3) is 4.84. The van der Waals surface area contributed by atoms with Gasteiger partial charge in [-0.05, 0) is 35.1 Å². The highest BCUT2D eigenvalue weighted by atomic mass is 32.2. The van der Waals surface area contributed by atoms with Crippen LogP contribution >= 0.6 is 11.8 Å². The highest BCUT2D eigenvalue weighted by molar-refractivity contribution is 7.99. The van der Waals surface area contributed by atoms with Crippen LogP contribution in [0.25, 0.3) is 0 Å². The van der Waals surface area contributed by atoms with Gasteiger partial charge in [-0.3, -0.25) is 4.79 Å². The molecule has 0 aliphatic heterocycles. The van der Waals surface area contributed by atoms with E-state index in [2.05, 4.69) is 61.4 Å². The van der Waals surface area contributed by atoms with Gasteiger partial charge in [-0.2, -0.15) is 0 Å². The third-order valence-corrected chi connectivity index (χ3v) is 5.44. The fourth-order valence-corrected chi connectivity index (χ4v) is 3.75. The molecule has 0 saturated heterocycles. The van der Waals surface area contributed by atoms with Gasteiger partial charge in [-0.1, -0.05) is 57.7 Å². The molecule has 1 N–H and O–H groups in total. The molecular formula is C21H26N4O2S. The molecule has 0 aliphatic rings. The Kier molecular flexibility index (Phi) is 6.57. The lowest BCUT2D eigenvalue weighted by molar-refractivity contribution is -0.113. The van der Waals surface area contributed by atoms with Crippen LogP contribution in [0.2, 0.25) is 0 Å². The van der Waals surface area contributed by atoms with E-state index in [1.807, 2.05) is 16.7 Å². The Morgan fingerprint density at radius 1 is 1.14 bits per heavy atom. The molecule has 0 fully saturated rings. The summed E-state index contributed by atoms with van der Waals surface area (Å²) in [5.74, 6) is 1.70. The van der Waals surface area contributed by atoms with Crippen LogP contribution in [0.3, 0.4) is 0 Å². The fourth-order valence-electron chi connectivity index (χ4n) is 3.04. The molecule has 0 saturated carbocycles. The molecule has 1 aromatic carbocycles. The van der Waals surface area contributed by atoms with E-state index >= 15 is 0 Å². The average Bonchev–Trinajstić information content (AvgIpc) is 3.32. The molecule has 0 unspecified atom stereocenters. The summed E-state index contributed by atoms with van der Waals surface area (Å²) in [5, 5.41) is 11.9. The molecule has 3 aromatic rings. The van der Waals surface area contributed by atoms with E-state index in [0.717, 1.165) is 22.6 Å². The van der Waals surface area contributed by atoms with Crippen LogP contribution in [0.1, 0.15) is 56.4 Å². The lowest BCUT2D eigenvalue weighted by atomic mass is 9.92. The number of rotatable bonds is 8. The Morgan fingerprint density at radius 3 is 2.46 bits per heavy atom. The molecule has 28 heavy (non-hydrogen) atoms. The summed E-state index contributed by atoms with van der Waals surface area (Å²) in [6.07, 6.45) is 3.28. The van der Waals surface area contributed by atoms with Gasteiger partial charge in [-0.15, -0.1) is 10.2 Å². The second-order valence-corrected chi connectivity index (χ2v) is 8.22. The van der Waals surface area contributed by atoms with Crippen molar-refractivity contribution >= 4 is 23.4 Å². The van der Waals surface area contributed by atoms with Gasteiger partial charge in [-0.25, -0.2) is 0 Å². The van der Waals surface area contributed by atoms with E-state index in [1.165, 1.54) is 11.8 Å². The fraction of sp³-hybridized carbons (Fsp3) is 0.381. The number of nitrogens with one attached hydrogen (secondary N) is 1. The van der Waals surface area contributed by atoms with Gasteiger partial charge >= 0.3 is 0 Å². The molecule has 2 aromatic heterocycles. The number of thioether (sulfide) groups is 1. The lowest BCUT2D eigenvalue weighted by Crippen LogP contribution is -2.18. The summed E-state index contributed by atoms with van der Waals surface area (Å²) in [5.41, 5.74) is 3.26. The van der Waals surface area contributed by atoms with Crippen molar-refractivity contribution in [3.05, 3.63) is 59.8 Å². The summed E-state index contributed by atoms with van der Waals surface area (Å²) in [7, 11) is 0. The average molecular weight is 399 g/mol. The molecule has 0 aliphatic carbocycles. The first-order valence-corrected chi connectivity index (χ1v) is 10.4. The highest BCUT2D eigenvalue weighted by Crippen LogP contribution is 2.32. The van der Waals surface area contributed by atoms with Gasteiger partial charge in [0, 0.05) is 5.69 Å². The molecule has 0 bridgehead atoms. The smallest absolute Gasteiger partial charge is 0.234 e. The number of anilines is 1. The van der Waals surface area contributed by atoms with Crippen LogP contribution < -0.4 is 5.32 Å². The van der Waals surface area contributed by atoms with Gasteiger partial charge in [0.15, 0.2) is 5.16 Å².